The van der Waals surface area contributed by atoms with Gasteiger partial charge in [-0.15, -0.1) is 0 Å². The number of nitrogens with zero attached hydrogens (tertiary/aromatic N) is 1. The molecule has 0 atom stereocenters. The molecule has 0 unspecified atom stereocenters. The molecule has 1 aromatic rings. The molecule has 0 saturated carbocycles. The van der Waals surface area contributed by atoms with Crippen LogP contribution in [-0.2, 0) is 6.54 Å². The van der Waals surface area contributed by atoms with Gasteiger partial charge in [0, 0.05) is 25.3 Å². The third-order valence-corrected chi connectivity index (χ3v) is 2.78. The van der Waals surface area contributed by atoms with E-state index in [4.69, 9.17) is 5.73 Å². The van der Waals surface area contributed by atoms with Crippen LogP contribution in [0.25, 0.3) is 0 Å². The maximum absolute atomic E-state index is 5.82. The van der Waals surface area contributed by atoms with Gasteiger partial charge < -0.3 is 10.6 Å². The average Bonchev–Trinajstić information content (AvgIpc) is 2.28. The first-order valence-electron chi connectivity index (χ1n) is 6.27. The van der Waals surface area contributed by atoms with Gasteiger partial charge in [-0.05, 0) is 31.4 Å². The fourth-order valence-corrected chi connectivity index (χ4v) is 2.08. The molecule has 0 fully saturated rings. The number of aryl methyl sites for hydroxylation is 1. The van der Waals surface area contributed by atoms with Crippen molar-refractivity contribution in [3.8, 4) is 0 Å². The molecule has 16 heavy (non-hydrogen) atoms. The molecule has 0 aliphatic heterocycles. The summed E-state index contributed by atoms with van der Waals surface area (Å²) >= 11 is 0. The molecule has 2 N–H and O–H groups in total. The minimum absolute atomic E-state index is 0.626. The zero-order chi connectivity index (χ0) is 12.0. The lowest BCUT2D eigenvalue weighted by molar-refractivity contribution is 0.740. The zero-order valence-corrected chi connectivity index (χ0v) is 10.8. The fourth-order valence-electron chi connectivity index (χ4n) is 2.08. The highest BCUT2D eigenvalue weighted by Gasteiger charge is 2.08. The van der Waals surface area contributed by atoms with Gasteiger partial charge >= 0.3 is 0 Å². The van der Waals surface area contributed by atoms with Gasteiger partial charge in [0.25, 0.3) is 0 Å². The number of nitrogens with two attached hydrogens (primary N) is 1. The molecular formula is C14H24N2. The van der Waals surface area contributed by atoms with Gasteiger partial charge in [-0.3, -0.25) is 0 Å². The number of rotatable bonds is 6. The standard InChI is InChI=1S/C14H24N2/c1-4-8-16(9-5-2)14-7-6-12(3)10-13(14)11-15/h6-7,10H,4-5,8-9,11,15H2,1-3H3. The molecule has 0 heterocycles. The number of hydrogen-bond donors (Lipinski definition) is 1. The summed E-state index contributed by atoms with van der Waals surface area (Å²) < 4.78 is 0. The second-order valence-corrected chi connectivity index (χ2v) is 4.32. The van der Waals surface area contributed by atoms with E-state index in [-0.39, 0.29) is 0 Å². The van der Waals surface area contributed by atoms with E-state index in [1.807, 2.05) is 0 Å². The van der Waals surface area contributed by atoms with Crippen LogP contribution in [0.1, 0.15) is 37.8 Å². The predicted octanol–water partition coefficient (Wildman–Crippen LogP) is 3.08. The minimum atomic E-state index is 0.626. The zero-order valence-electron chi connectivity index (χ0n) is 10.8. The van der Waals surface area contributed by atoms with Gasteiger partial charge in [0.15, 0.2) is 0 Å². The van der Waals surface area contributed by atoms with Crippen LogP contribution in [-0.4, -0.2) is 13.1 Å². The molecule has 0 bridgehead atoms. The first-order valence-corrected chi connectivity index (χ1v) is 6.27. The molecule has 0 aliphatic carbocycles. The normalized spacial score (nSPS) is 10.5. The molecule has 0 saturated heterocycles. The number of benzene rings is 1. The molecule has 2 heteroatoms. The Bertz CT molecular complexity index is 315. The third kappa shape index (κ3) is 3.24. The van der Waals surface area contributed by atoms with E-state index in [0.29, 0.717) is 6.54 Å². The Morgan fingerprint density at radius 2 is 1.75 bits per heavy atom. The fraction of sp³-hybridized carbons (Fsp3) is 0.571. The van der Waals surface area contributed by atoms with Crippen LogP contribution in [0.15, 0.2) is 18.2 Å². The topological polar surface area (TPSA) is 29.3 Å². The molecule has 0 amide bonds. The van der Waals surface area contributed by atoms with Crippen LogP contribution in [0.5, 0.6) is 0 Å². The van der Waals surface area contributed by atoms with Crippen molar-refractivity contribution in [1.29, 1.82) is 0 Å². The lowest BCUT2D eigenvalue weighted by atomic mass is 10.1. The van der Waals surface area contributed by atoms with Crippen molar-refractivity contribution >= 4 is 5.69 Å². The van der Waals surface area contributed by atoms with Crippen LogP contribution >= 0.6 is 0 Å². The van der Waals surface area contributed by atoms with Crippen LogP contribution in [0, 0.1) is 6.92 Å². The molecule has 0 aromatic heterocycles. The van der Waals surface area contributed by atoms with Gasteiger partial charge in [0.1, 0.15) is 0 Å². The Hall–Kier alpha value is -1.02. The lowest BCUT2D eigenvalue weighted by Gasteiger charge is -2.26. The van der Waals surface area contributed by atoms with E-state index in [1.54, 1.807) is 0 Å². The molecule has 90 valence electrons. The Morgan fingerprint density at radius 1 is 1.12 bits per heavy atom. The van der Waals surface area contributed by atoms with E-state index in [9.17, 15) is 0 Å². The third-order valence-electron chi connectivity index (χ3n) is 2.78. The van der Waals surface area contributed by atoms with Gasteiger partial charge in [0.2, 0.25) is 0 Å². The monoisotopic (exact) mass is 220 g/mol. The Balaban J connectivity index is 2.97. The van der Waals surface area contributed by atoms with Crippen LogP contribution in [0.2, 0.25) is 0 Å². The Labute approximate surface area is 99.5 Å². The van der Waals surface area contributed by atoms with E-state index in [2.05, 4.69) is 43.9 Å². The van der Waals surface area contributed by atoms with Crippen LogP contribution in [0.3, 0.4) is 0 Å². The van der Waals surface area contributed by atoms with Crippen LogP contribution < -0.4 is 10.6 Å². The first-order chi connectivity index (χ1) is 7.72. The molecule has 1 aromatic carbocycles. The van der Waals surface area contributed by atoms with E-state index in [1.165, 1.54) is 29.7 Å². The summed E-state index contributed by atoms with van der Waals surface area (Å²) in [5.74, 6) is 0. The first kappa shape index (κ1) is 13.0. The molecule has 0 aliphatic rings. The second-order valence-electron chi connectivity index (χ2n) is 4.32. The second kappa shape index (κ2) is 6.54. The summed E-state index contributed by atoms with van der Waals surface area (Å²) in [6.07, 6.45) is 2.36. The van der Waals surface area contributed by atoms with Gasteiger partial charge in [-0.1, -0.05) is 31.5 Å². The average molecular weight is 220 g/mol. The smallest absolute Gasteiger partial charge is 0.0411 e. The van der Waals surface area contributed by atoms with Crippen molar-refractivity contribution in [2.24, 2.45) is 5.73 Å². The van der Waals surface area contributed by atoms with Gasteiger partial charge in [-0.25, -0.2) is 0 Å². The summed E-state index contributed by atoms with van der Waals surface area (Å²) in [5, 5.41) is 0. The Morgan fingerprint density at radius 3 is 2.25 bits per heavy atom. The summed E-state index contributed by atoms with van der Waals surface area (Å²) in [5.41, 5.74) is 9.69. The molecule has 1 rings (SSSR count). The van der Waals surface area contributed by atoms with Gasteiger partial charge in [0.05, 0.1) is 0 Å². The van der Waals surface area contributed by atoms with Crippen molar-refractivity contribution in [2.75, 3.05) is 18.0 Å². The predicted molar refractivity (Wildman–Crippen MR) is 71.9 cm³/mol. The number of hydrogen-bond acceptors (Lipinski definition) is 2. The molecule has 0 spiro atoms. The number of anilines is 1. The summed E-state index contributed by atoms with van der Waals surface area (Å²) in [6.45, 7) is 9.42. The summed E-state index contributed by atoms with van der Waals surface area (Å²) in [4.78, 5) is 2.45. The van der Waals surface area contributed by atoms with Crippen molar-refractivity contribution in [3.05, 3.63) is 29.3 Å². The maximum Gasteiger partial charge on any atom is 0.0411 e. The summed E-state index contributed by atoms with van der Waals surface area (Å²) in [6, 6.07) is 6.59. The Kier molecular flexibility index (Phi) is 5.33. The highest BCUT2D eigenvalue weighted by atomic mass is 15.1. The highest BCUT2D eigenvalue weighted by molar-refractivity contribution is 5.55. The van der Waals surface area contributed by atoms with Crippen molar-refractivity contribution in [1.82, 2.24) is 0 Å². The largest absolute Gasteiger partial charge is 0.371 e. The van der Waals surface area contributed by atoms with Crippen LogP contribution in [0.4, 0.5) is 5.69 Å². The maximum atomic E-state index is 5.82. The summed E-state index contributed by atoms with van der Waals surface area (Å²) in [7, 11) is 0. The molecular weight excluding hydrogens is 196 g/mol. The molecule has 0 radical (unpaired) electrons. The van der Waals surface area contributed by atoms with Crippen molar-refractivity contribution < 1.29 is 0 Å². The minimum Gasteiger partial charge on any atom is -0.371 e. The van der Waals surface area contributed by atoms with Gasteiger partial charge in [-0.2, -0.15) is 0 Å². The van der Waals surface area contributed by atoms with E-state index >= 15 is 0 Å². The van der Waals surface area contributed by atoms with Crippen molar-refractivity contribution in [3.63, 3.8) is 0 Å². The SMILES string of the molecule is CCCN(CCC)c1ccc(C)cc1CN. The highest BCUT2D eigenvalue weighted by Crippen LogP contribution is 2.22. The van der Waals surface area contributed by atoms with Crippen molar-refractivity contribution in [2.45, 2.75) is 40.2 Å². The molecule has 2 nitrogen and oxygen atoms in total. The quantitative estimate of drug-likeness (QED) is 0.798. The van der Waals surface area contributed by atoms with E-state index in [0.717, 1.165) is 13.1 Å². The lowest BCUT2D eigenvalue weighted by Crippen LogP contribution is -2.26. The van der Waals surface area contributed by atoms with E-state index < -0.39 is 0 Å².